The molecule has 2 unspecified atom stereocenters. The molecule has 4 bridgehead atoms. The smallest absolute Gasteiger partial charge is 0.281 e. The highest BCUT2D eigenvalue weighted by atomic mass is 35.5. The lowest BCUT2D eigenvalue weighted by Gasteiger charge is -2.34. The number of rotatable bonds is 19. The topological polar surface area (TPSA) is 271 Å². The standard InChI is InChI=1S/C30H40ClN7O4S.C30H39N7O4S/c1-29(2)17-21(18-33-29)7-4-5-15-32-24-8-6-9-26(35-24)43(40,41)37-28(39)23-10-11-25(36-27(23)31)38-20-22(19-34-38)42-16-14-30(3)12-13-30;1-29(2)17-21-7-4-5-15-31-24-8-6-9-26(33-24)42(39,40)35-28(38)23-10-11-25(34-27(23)36(29)19-21)37-20-22(18-32-37)41-16-14-30(3)12-13-30/h6,8-11,19-21,33H,4-5,7,12-18H2,1-3H3,(H,32,35)(H,37,39);6,8-11,18,20-21H,4-5,7,12-17,19H2,1-3H3,(H,31,33)(H,35,38). The largest absolute Gasteiger partial charge is 0.490 e. The first-order chi connectivity index (χ1) is 40.4. The molecule has 2 aliphatic carbocycles. The summed E-state index contributed by atoms with van der Waals surface area (Å²) in [7, 11) is -8.48. The number of halogens is 1. The zero-order valence-electron chi connectivity index (χ0n) is 49.4. The highest BCUT2D eigenvalue weighted by molar-refractivity contribution is 7.90. The van der Waals surface area contributed by atoms with Crippen molar-refractivity contribution in [2.75, 3.05) is 54.9 Å². The lowest BCUT2D eigenvalue weighted by molar-refractivity contribution is 0.0972. The van der Waals surface area contributed by atoms with Crippen molar-refractivity contribution >= 4 is 60.9 Å². The molecule has 6 aromatic heterocycles. The van der Waals surface area contributed by atoms with Gasteiger partial charge in [-0.1, -0.05) is 50.4 Å². The van der Waals surface area contributed by atoms with Crippen molar-refractivity contribution < 1.29 is 35.9 Å². The van der Waals surface area contributed by atoms with Gasteiger partial charge in [-0.05, 0) is 182 Å². The maximum Gasteiger partial charge on any atom is 0.281 e. The average Bonchev–Trinajstić information content (AvgIpc) is 2.86. The predicted molar refractivity (Wildman–Crippen MR) is 325 cm³/mol. The Morgan fingerprint density at radius 3 is 2.13 bits per heavy atom. The Kier molecular flexibility index (Phi) is 18.2. The van der Waals surface area contributed by atoms with Crippen LogP contribution in [0.5, 0.6) is 11.5 Å². The van der Waals surface area contributed by atoms with Crippen molar-refractivity contribution in [3.05, 3.63) is 102 Å². The molecule has 4 fully saturated rings. The molecule has 11 rings (SSSR count). The summed E-state index contributed by atoms with van der Waals surface area (Å²) in [4.78, 5) is 46.2. The number of ether oxygens (including phenoxy) is 2. The fourth-order valence-electron chi connectivity index (χ4n) is 11.2. The molecule has 85 heavy (non-hydrogen) atoms. The van der Waals surface area contributed by atoms with E-state index in [9.17, 15) is 26.4 Å². The number of pyridine rings is 4. The first-order valence-corrected chi connectivity index (χ1v) is 32.9. The maximum absolute atomic E-state index is 13.6. The van der Waals surface area contributed by atoms with Gasteiger partial charge in [0.2, 0.25) is 0 Å². The van der Waals surface area contributed by atoms with Gasteiger partial charge in [0.25, 0.3) is 31.9 Å². The molecule has 2 saturated heterocycles. The molecule has 0 spiro atoms. The van der Waals surface area contributed by atoms with E-state index in [1.807, 2.05) is 4.72 Å². The van der Waals surface area contributed by atoms with E-state index >= 15 is 0 Å². The first-order valence-electron chi connectivity index (χ1n) is 29.6. The quantitative estimate of drug-likeness (QED) is 0.0373. The van der Waals surface area contributed by atoms with Crippen molar-refractivity contribution in [1.29, 1.82) is 0 Å². The minimum Gasteiger partial charge on any atom is -0.490 e. The van der Waals surface area contributed by atoms with Gasteiger partial charge in [-0.25, -0.2) is 38.7 Å². The van der Waals surface area contributed by atoms with E-state index in [-0.39, 0.29) is 37.4 Å². The number of hydrogen-bond donors (Lipinski definition) is 5. The van der Waals surface area contributed by atoms with Crippen LogP contribution < -0.4 is 39.8 Å². The second-order valence-corrected chi connectivity index (χ2v) is 29.0. The third-order valence-electron chi connectivity index (χ3n) is 17.0. The van der Waals surface area contributed by atoms with Crippen LogP contribution in [0, 0.1) is 22.7 Å². The third kappa shape index (κ3) is 16.0. The third-order valence-corrected chi connectivity index (χ3v) is 19.7. The van der Waals surface area contributed by atoms with Crippen LogP contribution in [0.25, 0.3) is 11.6 Å². The summed E-state index contributed by atoms with van der Waals surface area (Å²) in [5, 5.41) is 18.0. The van der Waals surface area contributed by atoms with Gasteiger partial charge >= 0.3 is 0 Å². The van der Waals surface area contributed by atoms with Gasteiger partial charge in [-0.3, -0.25) is 9.59 Å². The number of nitrogens with zero attached hydrogens (tertiary/aromatic N) is 9. The van der Waals surface area contributed by atoms with Crippen molar-refractivity contribution in [1.82, 2.24) is 54.3 Å². The van der Waals surface area contributed by atoms with Crippen LogP contribution in [-0.4, -0.2) is 119 Å². The summed E-state index contributed by atoms with van der Waals surface area (Å²) in [5.74, 6) is 2.89. The Hall–Kier alpha value is -6.89. The van der Waals surface area contributed by atoms with Crippen LogP contribution in [-0.2, 0) is 20.0 Å². The normalized spacial score (nSPS) is 20.6. The van der Waals surface area contributed by atoms with Gasteiger partial charge in [-0.2, -0.15) is 27.0 Å². The van der Waals surface area contributed by atoms with Gasteiger partial charge in [0, 0.05) is 30.7 Å². The summed E-state index contributed by atoms with van der Waals surface area (Å²) in [6.45, 7) is 17.6. The van der Waals surface area contributed by atoms with Crippen LogP contribution in [0.4, 0.5) is 17.5 Å². The molecule has 6 aromatic rings. The maximum atomic E-state index is 13.6. The summed E-state index contributed by atoms with van der Waals surface area (Å²) < 4.78 is 71.5. The zero-order chi connectivity index (χ0) is 60.2. The monoisotopic (exact) mass is 1220 g/mol. The van der Waals surface area contributed by atoms with Gasteiger partial charge in [0.15, 0.2) is 33.2 Å². The van der Waals surface area contributed by atoms with Gasteiger partial charge < -0.3 is 30.3 Å². The number of unbranched alkanes of at least 4 members (excludes halogenated alkanes) is 1. The van der Waals surface area contributed by atoms with E-state index in [0.717, 1.165) is 70.9 Å². The van der Waals surface area contributed by atoms with E-state index in [2.05, 4.69) is 92.3 Å². The molecule has 0 aromatic carbocycles. The van der Waals surface area contributed by atoms with Gasteiger partial charge in [-0.15, -0.1) is 0 Å². The van der Waals surface area contributed by atoms with Gasteiger partial charge in [0.1, 0.15) is 22.6 Å². The lowest BCUT2D eigenvalue weighted by atomic mass is 9.93. The predicted octanol–water partition coefficient (Wildman–Crippen LogP) is 9.52. The van der Waals surface area contributed by atoms with E-state index in [1.165, 1.54) is 61.1 Å². The number of amides is 2. The molecule has 2 saturated carbocycles. The Balaban J connectivity index is 0.000000189. The summed E-state index contributed by atoms with van der Waals surface area (Å²) in [6, 6.07) is 15.6. The summed E-state index contributed by atoms with van der Waals surface area (Å²) >= 11 is 6.29. The second-order valence-electron chi connectivity index (χ2n) is 25.4. The molecule has 2 amide bonds. The number of carbonyl (C=O) groups excluding carboxylic acids is 2. The number of nitrogens with one attached hydrogen (secondary N) is 5. The molecule has 2 atom stereocenters. The van der Waals surface area contributed by atoms with E-state index in [1.54, 1.807) is 65.9 Å². The SMILES string of the molecule is CC1(CCOc2cnn(-c3ccc(C(=O)NS(=O)(=O)c4cccc(NCCCCC5CNC(C)(C)C5)n4)c(Cl)n3)c2)CC1.CC1(CCOc2cnn(-c3ccc4c(n3)N3CC(CCCCNc5cccc(n5)S(=O)(=O)NC4=O)CC3(C)C)c2)CC1. The van der Waals surface area contributed by atoms with Gasteiger partial charge in [0.05, 0.1) is 49.1 Å². The number of fused-ring (bicyclic) bond motifs is 6. The van der Waals surface area contributed by atoms with E-state index in [4.69, 9.17) is 26.1 Å². The first kappa shape index (κ1) is 61.2. The molecule has 5 aliphatic rings. The van der Waals surface area contributed by atoms with Crippen LogP contribution in [0.3, 0.4) is 0 Å². The van der Waals surface area contributed by atoms with Crippen LogP contribution >= 0.6 is 11.6 Å². The fraction of sp³-hybridized carbons (Fsp3) is 0.533. The van der Waals surface area contributed by atoms with Crippen LogP contribution in [0.2, 0.25) is 5.15 Å². The lowest BCUT2D eigenvalue weighted by Crippen LogP contribution is -2.41. The Morgan fingerprint density at radius 1 is 0.800 bits per heavy atom. The molecular weight excluding hydrogens is 1140 g/mol. The minimum absolute atomic E-state index is 0.0922. The van der Waals surface area contributed by atoms with Crippen LogP contribution in [0.1, 0.15) is 152 Å². The second kappa shape index (κ2) is 25.2. The highest BCUT2D eigenvalue weighted by Crippen LogP contribution is 2.49. The number of anilines is 3. The number of hydrogen-bond acceptors (Lipinski definition) is 18. The fourth-order valence-corrected chi connectivity index (χ4v) is 13.3. The minimum atomic E-state index is -4.26. The van der Waals surface area contributed by atoms with E-state index in [0.29, 0.717) is 89.6 Å². The van der Waals surface area contributed by atoms with Crippen molar-refractivity contribution in [3.63, 3.8) is 0 Å². The van der Waals surface area contributed by atoms with E-state index < -0.39 is 31.9 Å². The summed E-state index contributed by atoms with van der Waals surface area (Å²) in [5.41, 5.74) is 0.817. The number of aromatic nitrogens is 8. The molecular formula is C60H79ClN14O8S2. The summed E-state index contributed by atoms with van der Waals surface area (Å²) in [6.07, 6.45) is 22.0. The molecule has 22 nitrogen and oxygen atoms in total. The average molecular weight is 1220 g/mol. The Morgan fingerprint density at radius 2 is 1.47 bits per heavy atom. The molecule has 456 valence electrons. The van der Waals surface area contributed by atoms with Crippen molar-refractivity contribution in [2.45, 2.75) is 153 Å². The zero-order valence-corrected chi connectivity index (χ0v) is 51.8. The Bertz CT molecular complexity index is 3600. The van der Waals surface area contributed by atoms with Crippen LogP contribution in [0.15, 0.2) is 95.5 Å². The molecule has 25 heteroatoms. The molecule has 5 N–H and O–H groups in total. The van der Waals surface area contributed by atoms with Crippen molar-refractivity contribution in [2.24, 2.45) is 22.7 Å². The highest BCUT2D eigenvalue weighted by Gasteiger charge is 2.42. The molecule has 0 radical (unpaired) electrons. The Labute approximate surface area is 503 Å². The van der Waals surface area contributed by atoms with Crippen molar-refractivity contribution in [3.8, 4) is 23.1 Å². The molecule has 9 heterocycles. The number of carbonyl (C=O) groups is 2. The number of sulfonamides is 2. The molecule has 3 aliphatic heterocycles.